The number of benzene rings is 3. The molecule has 12 aromatic rings. The molecule has 0 amide bonds. The number of aromatic nitrogens is 12. The number of hydrogen-bond donors (Lipinski definition) is 8. The second kappa shape index (κ2) is 27.6. The largest absolute Gasteiger partial charge is 0.390 e. The van der Waals surface area contributed by atoms with Crippen LogP contribution in [0, 0.1) is 19.8 Å². The highest BCUT2D eigenvalue weighted by molar-refractivity contribution is 14.1. The van der Waals surface area contributed by atoms with Gasteiger partial charge in [0.05, 0.1) is 82.6 Å². The summed E-state index contributed by atoms with van der Waals surface area (Å²) in [5, 5.41) is 27.6. The van der Waals surface area contributed by atoms with E-state index in [1.807, 2.05) is 124 Å². The number of aryl methyl sites for hydroxylation is 2. The summed E-state index contributed by atoms with van der Waals surface area (Å²) in [6, 6.07) is 30.3. The lowest BCUT2D eigenvalue weighted by atomic mass is 9.80. The monoisotopic (exact) mass is 1690 g/mol. The standard InChI is InChI=1S/C26H29BrN6O2.C23H25BrN6O2.C17H22N4O2.C9H6BrIN2/c1-25(2)34-20-19(33-9-7-16-22(28)30-13-31-24(16)33)12-26(3,21(20)35-25)8-6-14-4-5-15-11-17(27)23(29)32-18(15)10-14;1-23(6-4-12-2-3-13-9-15(24)21(26)29-16(13)8-12)10-17(18(31)19(23)32)30-7-5-14-20(25)27-11-28-22(14)30;1-5-17(4)8-11(12-13(17)23-16(2,3)22-12)21-7-6-10-14(18)19-9-20-15(10)21;10-7-3-5-1-2-6(11)4-8(5)13-9(7)12/h4-5,7,9-11,13,19-21H,6,8,12H2,1-3H3,(H2,29,32)(H2,28,30,31);2-3,5,7-9,11,17-19,31-32H,4,6,10H2,1H3,(H2,26,29)(H2,25,27,28);5-7,9,11-13H,1,8H2,2-4H3,(H2,18,19,20);1-4H,(H2,12,13)/t19?,20-,21-,26-;17-,18+,19+,23+;11?,12-,13-,17-;/m010./s1. The fraction of sp³-hybridized carbons (Fsp3) is 0.373. The van der Waals surface area contributed by atoms with Crippen LogP contribution in [-0.4, -0.2) is 117 Å². The van der Waals surface area contributed by atoms with Crippen LogP contribution in [0.15, 0.2) is 155 Å². The Balaban J connectivity index is 0.000000122. The molecule has 5 aliphatic rings. The number of rotatable bonds is 10. The number of aliphatic hydroxyl groups excluding tert-OH is 2. The number of hydrogen-bond acceptors (Lipinski definition) is 21. The molecule has 3 saturated carbocycles. The van der Waals surface area contributed by atoms with Gasteiger partial charge in [0.25, 0.3) is 0 Å². The molecule has 28 heteroatoms. The van der Waals surface area contributed by atoms with Crippen LogP contribution in [0.3, 0.4) is 0 Å². The van der Waals surface area contributed by atoms with Gasteiger partial charge in [-0.05, 0) is 226 Å². The number of aliphatic hydroxyl groups is 2. The number of ether oxygens (including phenoxy) is 4. The smallest absolute Gasteiger partial charge is 0.163 e. The molecule has 103 heavy (non-hydrogen) atoms. The molecule has 3 aromatic carbocycles. The molecule has 11 heterocycles. The van der Waals surface area contributed by atoms with E-state index in [0.717, 1.165) is 118 Å². The van der Waals surface area contributed by atoms with Gasteiger partial charge in [-0.1, -0.05) is 57.2 Å². The number of nitrogens with two attached hydrogens (primary N) is 6. The van der Waals surface area contributed by atoms with Crippen LogP contribution < -0.4 is 34.4 Å². The van der Waals surface area contributed by atoms with Crippen LogP contribution in [0.4, 0.5) is 34.9 Å². The maximum absolute atomic E-state index is 11.0. The molecule has 0 bridgehead atoms. The first kappa shape index (κ1) is 72.2. The lowest BCUT2D eigenvalue weighted by Gasteiger charge is -2.32. The maximum Gasteiger partial charge on any atom is 0.163 e. The zero-order chi connectivity index (χ0) is 73.0. The molecular formula is C75H82Br3IN18O6. The van der Waals surface area contributed by atoms with Crippen molar-refractivity contribution in [3.63, 3.8) is 0 Å². The van der Waals surface area contributed by atoms with Crippen molar-refractivity contribution in [2.24, 2.45) is 16.2 Å². The van der Waals surface area contributed by atoms with Crippen LogP contribution >= 0.6 is 70.4 Å². The van der Waals surface area contributed by atoms with Crippen LogP contribution in [0.5, 0.6) is 0 Å². The van der Waals surface area contributed by atoms with Crippen molar-refractivity contribution in [1.82, 2.24) is 58.6 Å². The van der Waals surface area contributed by atoms with Crippen molar-refractivity contribution in [2.45, 2.75) is 160 Å². The molecular weight excluding hydrogens is 1620 g/mol. The van der Waals surface area contributed by atoms with Gasteiger partial charge in [-0.3, -0.25) is 0 Å². The summed E-state index contributed by atoms with van der Waals surface area (Å²) < 4.78 is 35.2. The van der Waals surface area contributed by atoms with E-state index < -0.39 is 29.2 Å². The van der Waals surface area contributed by atoms with E-state index in [1.54, 1.807) is 0 Å². The third-order valence-corrected chi connectivity index (χ3v) is 24.0. The number of fused-ring (bicyclic) bond motifs is 8. The Morgan fingerprint density at radius 2 is 0.874 bits per heavy atom. The zero-order valence-electron chi connectivity index (χ0n) is 57.9. The highest BCUT2D eigenvalue weighted by Gasteiger charge is 2.61. The number of anilines is 6. The Morgan fingerprint density at radius 3 is 1.33 bits per heavy atom. The molecule has 24 nitrogen and oxygen atoms in total. The Kier molecular flexibility index (Phi) is 19.3. The lowest BCUT2D eigenvalue weighted by molar-refractivity contribution is -0.168. The fourth-order valence-electron chi connectivity index (χ4n) is 15.9. The lowest BCUT2D eigenvalue weighted by Crippen LogP contribution is -2.35. The van der Waals surface area contributed by atoms with Crippen molar-refractivity contribution in [2.75, 3.05) is 34.4 Å². The molecule has 0 radical (unpaired) electrons. The van der Waals surface area contributed by atoms with Crippen LogP contribution in [0.25, 0.3) is 65.8 Å². The summed E-state index contributed by atoms with van der Waals surface area (Å²) in [5.74, 6) is 1.68. The van der Waals surface area contributed by atoms with Crippen LogP contribution in [-0.2, 0) is 31.8 Å². The van der Waals surface area contributed by atoms with Gasteiger partial charge in [0.15, 0.2) is 11.6 Å². The summed E-state index contributed by atoms with van der Waals surface area (Å²) in [7, 11) is 0. The van der Waals surface area contributed by atoms with Gasteiger partial charge in [0.1, 0.15) is 89.1 Å². The van der Waals surface area contributed by atoms with Gasteiger partial charge >= 0.3 is 0 Å². The molecule has 9 aromatic heterocycles. The van der Waals surface area contributed by atoms with Gasteiger partial charge in [0.2, 0.25) is 0 Å². The predicted molar refractivity (Wildman–Crippen MR) is 422 cm³/mol. The first-order valence-electron chi connectivity index (χ1n) is 34.0. The summed E-state index contributed by atoms with van der Waals surface area (Å²) in [6.07, 6.45) is 16.2. The highest BCUT2D eigenvalue weighted by Crippen LogP contribution is 2.57. The molecule has 0 spiro atoms. The normalized spacial score (nSPS) is 26.6. The summed E-state index contributed by atoms with van der Waals surface area (Å²) in [4.78, 5) is 38.8. The van der Waals surface area contributed by atoms with Gasteiger partial charge in [-0.25, -0.2) is 44.9 Å². The maximum atomic E-state index is 11.0. The van der Waals surface area contributed by atoms with E-state index in [2.05, 4.69) is 175 Å². The predicted octanol–water partition coefficient (Wildman–Crippen LogP) is 14.1. The minimum atomic E-state index is -0.901. The Bertz CT molecular complexity index is 5270. The molecule has 5 fully saturated rings. The Hall–Kier alpha value is -7.78. The SMILES string of the molecule is C=C[C@@]1(C)CC(n2ccc3c(N)ncnc32)[C@@H]2OC(C)(C)O[C@@H]21.CC1(C)O[C@H]2C(n3ccc4c(N)ncnc43)C[C@](C)(CCc3ccc4cc(Br)c(N)nc4c3)[C@H]2O1.C[C@]1(CCc2ccc3cc(Br)c(N)nc3c2)C[C@@H](n2ccc3c(N)ncnc32)[C@H](O)[C@@H]1O.Nc1nc2cc(I)ccc2cc1Br. The van der Waals surface area contributed by atoms with E-state index >= 15 is 0 Å². The third-order valence-electron chi connectivity index (χ3n) is 21.4. The minimum absolute atomic E-state index is 0.0170. The summed E-state index contributed by atoms with van der Waals surface area (Å²) in [6.45, 7) is 18.5. The average Bonchev–Trinajstić information content (AvgIpc) is 1.58. The van der Waals surface area contributed by atoms with Gasteiger partial charge < -0.3 is 77.3 Å². The minimum Gasteiger partial charge on any atom is -0.390 e. The number of pyridine rings is 3. The topological polar surface area (TPSA) is 364 Å². The van der Waals surface area contributed by atoms with Crippen molar-refractivity contribution in [3.8, 4) is 0 Å². The molecule has 12 atom stereocenters. The van der Waals surface area contributed by atoms with Crippen molar-refractivity contribution in [1.29, 1.82) is 0 Å². The zero-order valence-corrected chi connectivity index (χ0v) is 64.8. The van der Waals surface area contributed by atoms with Crippen molar-refractivity contribution < 1.29 is 29.2 Å². The molecule has 2 unspecified atom stereocenters. The number of halogens is 4. The first-order valence-corrected chi connectivity index (χ1v) is 37.5. The average molecular weight is 1700 g/mol. The van der Waals surface area contributed by atoms with Gasteiger partial charge in [-0.15, -0.1) is 6.58 Å². The van der Waals surface area contributed by atoms with E-state index in [4.69, 9.17) is 53.3 Å². The second-order valence-electron chi connectivity index (χ2n) is 29.4. The van der Waals surface area contributed by atoms with Crippen LogP contribution in [0.2, 0.25) is 0 Å². The molecule has 17 rings (SSSR count). The quantitative estimate of drug-likeness (QED) is 0.0466. The summed E-state index contributed by atoms with van der Waals surface area (Å²) in [5.41, 5.74) is 42.4. The van der Waals surface area contributed by atoms with Gasteiger partial charge in [-0.2, -0.15) is 0 Å². The van der Waals surface area contributed by atoms with Gasteiger partial charge in [0, 0.05) is 43.7 Å². The number of nitrogens with zero attached hydrogens (tertiary/aromatic N) is 12. The molecule has 2 aliphatic heterocycles. The Labute approximate surface area is 633 Å². The molecule has 536 valence electrons. The summed E-state index contributed by atoms with van der Waals surface area (Å²) >= 11 is 12.5. The molecule has 3 aliphatic carbocycles. The van der Waals surface area contributed by atoms with E-state index in [1.165, 1.54) is 28.1 Å². The van der Waals surface area contributed by atoms with E-state index in [-0.39, 0.29) is 53.4 Å². The second-order valence-corrected chi connectivity index (χ2v) is 33.2. The third kappa shape index (κ3) is 13.9. The van der Waals surface area contributed by atoms with E-state index in [9.17, 15) is 10.2 Å². The number of nitrogen functional groups attached to an aromatic ring is 6. The highest BCUT2D eigenvalue weighted by atomic mass is 127. The first-order chi connectivity index (χ1) is 48.9. The van der Waals surface area contributed by atoms with E-state index in [0.29, 0.717) is 47.0 Å². The molecule has 2 saturated heterocycles. The van der Waals surface area contributed by atoms with Crippen molar-refractivity contribution >= 4 is 171 Å². The Morgan fingerprint density at radius 1 is 0.485 bits per heavy atom. The van der Waals surface area contributed by atoms with Crippen LogP contribution in [0.1, 0.15) is 110 Å². The van der Waals surface area contributed by atoms with Crippen molar-refractivity contribution in [3.05, 3.63) is 169 Å². The fourth-order valence-corrected chi connectivity index (χ4v) is 17.4. The molecule has 14 N–H and O–H groups in total.